The van der Waals surface area contributed by atoms with Crippen LogP contribution in [-0.4, -0.2) is 42.6 Å². The Kier molecular flexibility index (Phi) is 5.88. The number of aliphatic hydroxyl groups excluding tert-OH is 1. The molecule has 1 heterocycles. The van der Waals surface area contributed by atoms with Crippen molar-refractivity contribution in [2.45, 2.75) is 19.3 Å². The fourth-order valence-corrected chi connectivity index (χ4v) is 2.05. The van der Waals surface area contributed by atoms with Gasteiger partial charge in [-0.05, 0) is 31.7 Å². The summed E-state index contributed by atoms with van der Waals surface area (Å²) in [5, 5.41) is 11.8. The molecule has 0 aromatic rings. The molecule has 1 aliphatic rings. The fraction of sp³-hybridized carbons (Fsp3) is 1.00. The zero-order valence-electron chi connectivity index (χ0n) is 8.21. The Morgan fingerprint density at radius 1 is 1.31 bits per heavy atom. The molecule has 4 heteroatoms. The Balaban J connectivity index is 1.96. The molecule has 0 aromatic carbocycles. The number of hydrogen-bond acceptors (Lipinski definition) is 3. The lowest BCUT2D eigenvalue weighted by Gasteiger charge is -2.28. The van der Waals surface area contributed by atoms with E-state index in [1.54, 1.807) is 0 Å². The summed E-state index contributed by atoms with van der Waals surface area (Å²) >= 11 is 0. The molecular formula is C9H21N2OP. The predicted molar refractivity (Wildman–Crippen MR) is 58.6 cm³/mol. The second-order valence-corrected chi connectivity index (χ2v) is 4.47. The predicted octanol–water partition coefficient (Wildman–Crippen LogP) is 0.460. The first-order valence-electron chi connectivity index (χ1n) is 5.14. The van der Waals surface area contributed by atoms with Crippen LogP contribution in [-0.2, 0) is 0 Å². The largest absolute Gasteiger partial charge is 0.395 e. The summed E-state index contributed by atoms with van der Waals surface area (Å²) in [5.41, 5.74) is 0. The maximum absolute atomic E-state index is 8.57. The van der Waals surface area contributed by atoms with Gasteiger partial charge in [0.1, 0.15) is 0 Å². The van der Waals surface area contributed by atoms with Crippen LogP contribution in [0, 0.1) is 5.92 Å². The first-order chi connectivity index (χ1) is 6.33. The van der Waals surface area contributed by atoms with Gasteiger partial charge < -0.3 is 10.4 Å². The van der Waals surface area contributed by atoms with Crippen LogP contribution in [0.3, 0.4) is 0 Å². The van der Waals surface area contributed by atoms with Gasteiger partial charge in [-0.25, -0.2) is 0 Å². The van der Waals surface area contributed by atoms with Crippen molar-refractivity contribution >= 4 is 9.39 Å². The minimum absolute atomic E-state index is 0.254. The molecule has 0 aromatic heterocycles. The quantitative estimate of drug-likeness (QED) is 0.504. The number of nitrogens with zero attached hydrogens (tertiary/aromatic N) is 1. The lowest BCUT2D eigenvalue weighted by atomic mass is 9.95. The molecule has 1 saturated heterocycles. The van der Waals surface area contributed by atoms with E-state index < -0.39 is 0 Å². The second-order valence-electron chi connectivity index (χ2n) is 3.74. The SMILES string of the molecule is OCCNCCC1CCN(P)CC1. The Labute approximate surface area is 83.1 Å². The van der Waals surface area contributed by atoms with Gasteiger partial charge in [-0.3, -0.25) is 4.67 Å². The molecule has 0 spiro atoms. The third kappa shape index (κ3) is 4.92. The van der Waals surface area contributed by atoms with Gasteiger partial charge in [0.2, 0.25) is 0 Å². The van der Waals surface area contributed by atoms with E-state index >= 15 is 0 Å². The van der Waals surface area contributed by atoms with Crippen LogP contribution in [0.2, 0.25) is 0 Å². The summed E-state index contributed by atoms with van der Waals surface area (Å²) < 4.78 is 2.32. The third-order valence-electron chi connectivity index (χ3n) is 2.67. The van der Waals surface area contributed by atoms with Crippen LogP contribution in [0.4, 0.5) is 0 Å². The highest BCUT2D eigenvalue weighted by Gasteiger charge is 2.15. The Hall–Kier alpha value is 0.310. The first-order valence-corrected chi connectivity index (χ1v) is 5.66. The number of rotatable bonds is 5. The monoisotopic (exact) mass is 204 g/mol. The van der Waals surface area contributed by atoms with E-state index in [1.807, 2.05) is 0 Å². The van der Waals surface area contributed by atoms with Crippen LogP contribution in [0.25, 0.3) is 0 Å². The second kappa shape index (κ2) is 6.72. The van der Waals surface area contributed by atoms with Gasteiger partial charge in [-0.1, -0.05) is 9.39 Å². The summed E-state index contributed by atoms with van der Waals surface area (Å²) in [4.78, 5) is 0. The van der Waals surface area contributed by atoms with Crippen molar-refractivity contribution in [3.05, 3.63) is 0 Å². The molecule has 3 nitrogen and oxygen atoms in total. The van der Waals surface area contributed by atoms with Crippen molar-refractivity contribution in [2.24, 2.45) is 5.92 Å². The average Bonchev–Trinajstić information content (AvgIpc) is 2.15. The van der Waals surface area contributed by atoms with Crippen LogP contribution >= 0.6 is 9.39 Å². The third-order valence-corrected chi connectivity index (χ3v) is 3.18. The zero-order chi connectivity index (χ0) is 9.52. The van der Waals surface area contributed by atoms with Crippen molar-refractivity contribution in [2.75, 3.05) is 32.8 Å². The van der Waals surface area contributed by atoms with Crippen LogP contribution in [0.15, 0.2) is 0 Å². The molecule has 1 unspecified atom stereocenters. The van der Waals surface area contributed by atoms with Crippen LogP contribution in [0.5, 0.6) is 0 Å². The van der Waals surface area contributed by atoms with E-state index in [2.05, 4.69) is 19.4 Å². The molecule has 1 fully saturated rings. The summed E-state index contributed by atoms with van der Waals surface area (Å²) in [6.07, 6.45) is 3.91. The maximum atomic E-state index is 8.57. The van der Waals surface area contributed by atoms with Crippen molar-refractivity contribution in [1.29, 1.82) is 0 Å². The van der Waals surface area contributed by atoms with E-state index in [0.717, 1.165) is 19.0 Å². The molecule has 1 aliphatic heterocycles. The van der Waals surface area contributed by atoms with Crippen LogP contribution in [0.1, 0.15) is 19.3 Å². The van der Waals surface area contributed by atoms with Gasteiger partial charge in [0.05, 0.1) is 6.61 Å². The summed E-state index contributed by atoms with van der Waals surface area (Å²) in [6.45, 7) is 4.49. The summed E-state index contributed by atoms with van der Waals surface area (Å²) in [7, 11) is 2.77. The smallest absolute Gasteiger partial charge is 0.0555 e. The lowest BCUT2D eigenvalue weighted by Crippen LogP contribution is -2.28. The van der Waals surface area contributed by atoms with Gasteiger partial charge in [-0.2, -0.15) is 0 Å². The van der Waals surface area contributed by atoms with E-state index in [1.165, 1.54) is 32.4 Å². The molecule has 0 radical (unpaired) electrons. The van der Waals surface area contributed by atoms with Gasteiger partial charge in [-0.15, -0.1) is 0 Å². The van der Waals surface area contributed by atoms with E-state index in [4.69, 9.17) is 5.11 Å². The fourth-order valence-electron chi connectivity index (χ4n) is 1.75. The molecular weight excluding hydrogens is 183 g/mol. The summed E-state index contributed by atoms with van der Waals surface area (Å²) in [6, 6.07) is 0. The summed E-state index contributed by atoms with van der Waals surface area (Å²) in [5.74, 6) is 0.892. The number of hydrogen-bond donors (Lipinski definition) is 2. The Morgan fingerprint density at radius 2 is 2.00 bits per heavy atom. The molecule has 0 bridgehead atoms. The standard InChI is InChI=1S/C9H21N2OP/c12-8-5-10-4-1-9-2-6-11(13)7-3-9/h9-10,12H,1-8,13H2. The Morgan fingerprint density at radius 3 is 2.62 bits per heavy atom. The lowest BCUT2D eigenvalue weighted by molar-refractivity contribution is 0.266. The molecule has 78 valence electrons. The zero-order valence-corrected chi connectivity index (χ0v) is 9.36. The van der Waals surface area contributed by atoms with Gasteiger partial charge >= 0.3 is 0 Å². The van der Waals surface area contributed by atoms with E-state index in [0.29, 0.717) is 0 Å². The molecule has 0 saturated carbocycles. The molecule has 0 amide bonds. The van der Waals surface area contributed by atoms with Gasteiger partial charge in [0.25, 0.3) is 0 Å². The van der Waals surface area contributed by atoms with E-state index in [9.17, 15) is 0 Å². The van der Waals surface area contributed by atoms with Crippen LogP contribution < -0.4 is 5.32 Å². The number of aliphatic hydroxyl groups is 1. The highest BCUT2D eigenvalue weighted by atomic mass is 31.0. The number of piperidine rings is 1. The molecule has 1 atom stereocenters. The number of nitrogens with one attached hydrogen (secondary N) is 1. The highest BCUT2D eigenvalue weighted by Crippen LogP contribution is 2.21. The van der Waals surface area contributed by atoms with Gasteiger partial charge in [0.15, 0.2) is 0 Å². The maximum Gasteiger partial charge on any atom is 0.0555 e. The highest BCUT2D eigenvalue weighted by molar-refractivity contribution is 7.13. The van der Waals surface area contributed by atoms with Crippen molar-refractivity contribution in [3.63, 3.8) is 0 Å². The molecule has 1 rings (SSSR count). The van der Waals surface area contributed by atoms with Crippen molar-refractivity contribution in [3.8, 4) is 0 Å². The topological polar surface area (TPSA) is 35.5 Å². The average molecular weight is 204 g/mol. The van der Waals surface area contributed by atoms with Crippen molar-refractivity contribution in [1.82, 2.24) is 9.99 Å². The Bertz CT molecular complexity index is 127. The normalized spacial score (nSPS) is 20.8. The van der Waals surface area contributed by atoms with Crippen molar-refractivity contribution < 1.29 is 5.11 Å². The first kappa shape index (κ1) is 11.4. The minimum atomic E-state index is 0.254. The van der Waals surface area contributed by atoms with E-state index in [-0.39, 0.29) is 6.61 Å². The minimum Gasteiger partial charge on any atom is -0.395 e. The molecule has 2 N–H and O–H groups in total. The molecule has 13 heavy (non-hydrogen) atoms. The van der Waals surface area contributed by atoms with Gasteiger partial charge in [0, 0.05) is 19.6 Å². The molecule has 0 aliphatic carbocycles.